The summed E-state index contributed by atoms with van der Waals surface area (Å²) in [5.74, 6) is 0. The monoisotopic (exact) mass is 152 g/mol. The average molecular weight is 152 g/mol. The number of aliphatic hydroxyl groups is 1. The summed E-state index contributed by atoms with van der Waals surface area (Å²) in [5.41, 5.74) is 2.16. The molecule has 1 aliphatic rings. The molecule has 0 aromatic heterocycles. The molecule has 0 saturated carbocycles. The summed E-state index contributed by atoms with van der Waals surface area (Å²) >= 11 is 0. The zero-order valence-corrected chi connectivity index (χ0v) is 7.52. The third-order valence-corrected chi connectivity index (χ3v) is 2.12. The van der Waals surface area contributed by atoms with Crippen molar-refractivity contribution in [3.63, 3.8) is 0 Å². The van der Waals surface area contributed by atoms with Crippen LogP contribution < -0.4 is 0 Å². The van der Waals surface area contributed by atoms with Crippen molar-refractivity contribution in [1.29, 1.82) is 0 Å². The molecule has 1 heteroatoms. The standard InChI is InChI=1S/C10H16O/c1-7(2)8-5-10(3,4)6-9(8)11/h5,9,11H,1,6H2,2-4H3/t9-/m0/s1. The van der Waals surface area contributed by atoms with Crippen LogP contribution in [0.2, 0.25) is 0 Å². The highest BCUT2D eigenvalue weighted by atomic mass is 16.3. The van der Waals surface area contributed by atoms with E-state index >= 15 is 0 Å². The highest BCUT2D eigenvalue weighted by Crippen LogP contribution is 2.37. The molecule has 0 aliphatic heterocycles. The average Bonchev–Trinajstić information content (AvgIpc) is 2.05. The van der Waals surface area contributed by atoms with Crippen LogP contribution in [0.1, 0.15) is 27.2 Å². The lowest BCUT2D eigenvalue weighted by molar-refractivity contribution is 0.185. The molecule has 1 atom stereocenters. The van der Waals surface area contributed by atoms with Crippen LogP contribution in [0.25, 0.3) is 0 Å². The second-order valence-electron chi connectivity index (χ2n) is 4.09. The third kappa shape index (κ3) is 1.72. The van der Waals surface area contributed by atoms with E-state index in [-0.39, 0.29) is 11.5 Å². The van der Waals surface area contributed by atoms with Gasteiger partial charge in [0, 0.05) is 0 Å². The molecule has 0 unspecified atom stereocenters. The first-order valence-electron chi connectivity index (χ1n) is 3.99. The molecule has 0 radical (unpaired) electrons. The van der Waals surface area contributed by atoms with Gasteiger partial charge in [0.25, 0.3) is 0 Å². The molecule has 0 heterocycles. The molecule has 0 saturated heterocycles. The summed E-state index contributed by atoms with van der Waals surface area (Å²) in [4.78, 5) is 0. The van der Waals surface area contributed by atoms with E-state index in [2.05, 4.69) is 26.5 Å². The van der Waals surface area contributed by atoms with Gasteiger partial charge >= 0.3 is 0 Å². The van der Waals surface area contributed by atoms with Crippen molar-refractivity contribution in [1.82, 2.24) is 0 Å². The number of hydrogen-bond acceptors (Lipinski definition) is 1. The second-order valence-corrected chi connectivity index (χ2v) is 4.09. The molecule has 1 rings (SSSR count). The first-order chi connectivity index (χ1) is 4.92. The maximum absolute atomic E-state index is 9.57. The number of aliphatic hydroxyl groups excluding tert-OH is 1. The Morgan fingerprint density at radius 2 is 2.27 bits per heavy atom. The van der Waals surface area contributed by atoms with Gasteiger partial charge in [-0.25, -0.2) is 0 Å². The molecule has 1 nitrogen and oxygen atoms in total. The fourth-order valence-electron chi connectivity index (χ4n) is 1.59. The Balaban J connectivity index is 2.88. The summed E-state index contributed by atoms with van der Waals surface area (Å²) < 4.78 is 0. The summed E-state index contributed by atoms with van der Waals surface area (Å²) in [7, 11) is 0. The number of rotatable bonds is 1. The Morgan fingerprint density at radius 1 is 1.73 bits per heavy atom. The SMILES string of the molecule is C=C(C)C1=CC(C)(C)C[C@@H]1O. The number of hydrogen-bond donors (Lipinski definition) is 1. The Hall–Kier alpha value is -0.560. The molecule has 0 fully saturated rings. The van der Waals surface area contributed by atoms with E-state index in [0.29, 0.717) is 0 Å². The van der Waals surface area contributed by atoms with Crippen LogP contribution >= 0.6 is 0 Å². The van der Waals surface area contributed by atoms with E-state index in [9.17, 15) is 5.11 Å². The van der Waals surface area contributed by atoms with E-state index in [1.807, 2.05) is 6.92 Å². The zero-order chi connectivity index (χ0) is 8.65. The molecule has 1 N–H and O–H groups in total. The van der Waals surface area contributed by atoms with Gasteiger partial charge < -0.3 is 5.11 Å². The molecular weight excluding hydrogens is 136 g/mol. The summed E-state index contributed by atoms with van der Waals surface area (Å²) in [6, 6.07) is 0. The maximum atomic E-state index is 9.57. The molecule has 0 aromatic carbocycles. The van der Waals surface area contributed by atoms with Crippen LogP contribution in [0, 0.1) is 5.41 Å². The van der Waals surface area contributed by atoms with Crippen LogP contribution in [-0.2, 0) is 0 Å². The molecule has 0 aromatic rings. The van der Waals surface area contributed by atoms with Crippen molar-refractivity contribution in [2.24, 2.45) is 5.41 Å². The van der Waals surface area contributed by atoms with E-state index < -0.39 is 0 Å². The minimum atomic E-state index is -0.289. The molecule has 0 spiro atoms. The first kappa shape index (κ1) is 8.54. The minimum absolute atomic E-state index is 0.147. The van der Waals surface area contributed by atoms with Crippen LogP contribution in [0.5, 0.6) is 0 Å². The third-order valence-electron chi connectivity index (χ3n) is 2.12. The Morgan fingerprint density at radius 3 is 2.45 bits per heavy atom. The Labute approximate surface area is 68.4 Å². The minimum Gasteiger partial charge on any atom is -0.388 e. The van der Waals surface area contributed by atoms with Gasteiger partial charge in [-0.2, -0.15) is 0 Å². The van der Waals surface area contributed by atoms with Crippen molar-refractivity contribution in [2.45, 2.75) is 33.3 Å². The van der Waals surface area contributed by atoms with Crippen molar-refractivity contribution in [2.75, 3.05) is 0 Å². The Kier molecular flexibility index (Phi) is 1.93. The quantitative estimate of drug-likeness (QED) is 0.611. The highest BCUT2D eigenvalue weighted by Gasteiger charge is 2.30. The highest BCUT2D eigenvalue weighted by molar-refractivity contribution is 5.35. The van der Waals surface area contributed by atoms with Gasteiger partial charge in [-0.3, -0.25) is 0 Å². The smallest absolute Gasteiger partial charge is 0.0797 e. The van der Waals surface area contributed by atoms with Gasteiger partial charge in [0.2, 0.25) is 0 Å². The fraction of sp³-hybridized carbons (Fsp3) is 0.600. The van der Waals surface area contributed by atoms with Gasteiger partial charge in [0.05, 0.1) is 6.10 Å². The van der Waals surface area contributed by atoms with Gasteiger partial charge in [-0.15, -0.1) is 0 Å². The van der Waals surface area contributed by atoms with E-state index in [4.69, 9.17) is 0 Å². The van der Waals surface area contributed by atoms with Crippen LogP contribution in [0.15, 0.2) is 23.8 Å². The largest absolute Gasteiger partial charge is 0.388 e. The van der Waals surface area contributed by atoms with Crippen molar-refractivity contribution in [3.8, 4) is 0 Å². The molecule has 0 amide bonds. The van der Waals surface area contributed by atoms with Gasteiger partial charge in [0.1, 0.15) is 0 Å². The fourth-order valence-corrected chi connectivity index (χ4v) is 1.59. The van der Waals surface area contributed by atoms with Crippen LogP contribution in [0.4, 0.5) is 0 Å². The molecule has 1 aliphatic carbocycles. The normalized spacial score (nSPS) is 28.4. The predicted octanol–water partition coefficient (Wildman–Crippen LogP) is 2.28. The molecule has 11 heavy (non-hydrogen) atoms. The molecular formula is C10H16O. The summed E-state index contributed by atoms with van der Waals surface area (Å²) in [5, 5.41) is 9.57. The lowest BCUT2D eigenvalue weighted by atomic mass is 9.93. The van der Waals surface area contributed by atoms with Crippen LogP contribution in [0.3, 0.4) is 0 Å². The van der Waals surface area contributed by atoms with Gasteiger partial charge in [0.15, 0.2) is 0 Å². The van der Waals surface area contributed by atoms with Gasteiger partial charge in [-0.1, -0.05) is 32.1 Å². The predicted molar refractivity (Wildman–Crippen MR) is 47.3 cm³/mol. The lowest BCUT2D eigenvalue weighted by Gasteiger charge is -2.13. The van der Waals surface area contributed by atoms with Crippen molar-refractivity contribution >= 4 is 0 Å². The van der Waals surface area contributed by atoms with Crippen LogP contribution in [-0.4, -0.2) is 11.2 Å². The lowest BCUT2D eigenvalue weighted by Crippen LogP contribution is -2.10. The number of allylic oxidation sites excluding steroid dienone is 1. The Bertz CT molecular complexity index is 211. The van der Waals surface area contributed by atoms with E-state index in [0.717, 1.165) is 17.6 Å². The van der Waals surface area contributed by atoms with E-state index in [1.165, 1.54) is 0 Å². The maximum Gasteiger partial charge on any atom is 0.0797 e. The first-order valence-corrected chi connectivity index (χ1v) is 3.99. The van der Waals surface area contributed by atoms with Gasteiger partial charge in [-0.05, 0) is 24.3 Å². The zero-order valence-electron chi connectivity index (χ0n) is 7.52. The summed E-state index contributed by atoms with van der Waals surface area (Å²) in [6.07, 6.45) is 2.66. The van der Waals surface area contributed by atoms with E-state index in [1.54, 1.807) is 0 Å². The summed E-state index contributed by atoms with van der Waals surface area (Å²) in [6.45, 7) is 10.0. The topological polar surface area (TPSA) is 20.2 Å². The van der Waals surface area contributed by atoms with Crippen molar-refractivity contribution < 1.29 is 5.11 Å². The molecule has 62 valence electrons. The molecule has 0 bridgehead atoms. The van der Waals surface area contributed by atoms with Crippen molar-refractivity contribution in [3.05, 3.63) is 23.8 Å². The second kappa shape index (κ2) is 2.49.